The molecule has 3 aromatic heterocycles. The molecule has 3 rings (SSSR count). The van der Waals surface area contributed by atoms with Crippen molar-refractivity contribution in [3.8, 4) is 5.82 Å². The maximum absolute atomic E-state index is 12.0. The molecular formula is C17H19N5O2. The molecule has 0 bridgehead atoms. The van der Waals surface area contributed by atoms with Crippen LogP contribution in [0.4, 0.5) is 5.82 Å². The van der Waals surface area contributed by atoms with E-state index in [9.17, 15) is 4.79 Å². The van der Waals surface area contributed by atoms with Gasteiger partial charge in [0.1, 0.15) is 17.3 Å². The smallest absolute Gasteiger partial charge is 0.254 e. The van der Waals surface area contributed by atoms with Crippen LogP contribution in [0.5, 0.6) is 0 Å². The van der Waals surface area contributed by atoms with E-state index in [4.69, 9.17) is 4.42 Å². The third kappa shape index (κ3) is 3.62. The molecule has 7 heteroatoms. The molecular weight excluding hydrogens is 306 g/mol. The molecule has 0 atom stereocenters. The molecule has 124 valence electrons. The van der Waals surface area contributed by atoms with Crippen LogP contribution in [0.25, 0.3) is 5.82 Å². The molecule has 0 saturated heterocycles. The second-order valence-electron chi connectivity index (χ2n) is 5.38. The second-order valence-corrected chi connectivity index (χ2v) is 5.38. The molecule has 1 amide bonds. The summed E-state index contributed by atoms with van der Waals surface area (Å²) in [5, 5.41) is 14.2. The number of amides is 1. The van der Waals surface area contributed by atoms with Crippen molar-refractivity contribution in [3.63, 3.8) is 0 Å². The fourth-order valence-electron chi connectivity index (χ4n) is 2.36. The van der Waals surface area contributed by atoms with Gasteiger partial charge in [-0.05, 0) is 44.2 Å². The zero-order valence-electron chi connectivity index (χ0n) is 13.6. The molecule has 0 aromatic carbocycles. The third-order valence-electron chi connectivity index (χ3n) is 3.52. The zero-order chi connectivity index (χ0) is 16.9. The monoisotopic (exact) mass is 325 g/mol. The van der Waals surface area contributed by atoms with Gasteiger partial charge in [0.2, 0.25) is 0 Å². The lowest BCUT2D eigenvalue weighted by molar-refractivity contribution is 0.0953. The first-order chi connectivity index (χ1) is 11.6. The quantitative estimate of drug-likeness (QED) is 0.679. The summed E-state index contributed by atoms with van der Waals surface area (Å²) in [5.41, 5.74) is 0.573. The van der Waals surface area contributed by atoms with Gasteiger partial charge in [-0.3, -0.25) is 4.79 Å². The van der Waals surface area contributed by atoms with Crippen molar-refractivity contribution in [1.29, 1.82) is 0 Å². The second kappa shape index (κ2) is 6.99. The minimum absolute atomic E-state index is 0.139. The molecule has 24 heavy (non-hydrogen) atoms. The lowest BCUT2D eigenvalue weighted by Crippen LogP contribution is -2.29. The van der Waals surface area contributed by atoms with Crippen LogP contribution in [0.1, 0.15) is 21.9 Å². The summed E-state index contributed by atoms with van der Waals surface area (Å²) < 4.78 is 7.24. The normalized spacial score (nSPS) is 10.6. The first-order valence-electron chi connectivity index (χ1n) is 7.69. The van der Waals surface area contributed by atoms with Crippen molar-refractivity contribution >= 4 is 11.7 Å². The minimum Gasteiger partial charge on any atom is -0.466 e. The number of hydrogen-bond acceptors (Lipinski definition) is 5. The van der Waals surface area contributed by atoms with Gasteiger partial charge in [0.15, 0.2) is 5.82 Å². The van der Waals surface area contributed by atoms with Crippen molar-refractivity contribution in [2.75, 3.05) is 18.4 Å². The van der Waals surface area contributed by atoms with Crippen LogP contribution in [0.2, 0.25) is 0 Å². The van der Waals surface area contributed by atoms with E-state index in [-0.39, 0.29) is 5.91 Å². The van der Waals surface area contributed by atoms with E-state index < -0.39 is 0 Å². The van der Waals surface area contributed by atoms with E-state index in [0.29, 0.717) is 30.2 Å². The number of hydrogen-bond donors (Lipinski definition) is 2. The predicted octanol–water partition coefficient (Wildman–Crippen LogP) is 2.32. The molecule has 0 saturated carbocycles. The zero-order valence-corrected chi connectivity index (χ0v) is 13.6. The standard InChI is InChI=1S/C17H19N5O2/c1-12-11-14(13(2)24-12)17(23)19-8-7-18-15-5-6-16(21-20-15)22-9-3-4-10-22/h3-6,9-11H,7-8H2,1-2H3,(H,18,20)(H,19,23). The van der Waals surface area contributed by atoms with Crippen molar-refractivity contribution in [1.82, 2.24) is 20.1 Å². The van der Waals surface area contributed by atoms with Crippen molar-refractivity contribution in [2.45, 2.75) is 13.8 Å². The number of aryl methyl sites for hydroxylation is 2. The Balaban J connectivity index is 1.46. The number of carbonyl (C=O) groups excluding carboxylic acids is 1. The van der Waals surface area contributed by atoms with Crippen LogP contribution >= 0.6 is 0 Å². The molecule has 0 aliphatic carbocycles. The maximum atomic E-state index is 12.0. The van der Waals surface area contributed by atoms with Crippen LogP contribution in [0.3, 0.4) is 0 Å². The Morgan fingerprint density at radius 2 is 1.96 bits per heavy atom. The van der Waals surface area contributed by atoms with E-state index in [0.717, 1.165) is 11.6 Å². The number of anilines is 1. The molecule has 3 heterocycles. The minimum atomic E-state index is -0.139. The van der Waals surface area contributed by atoms with Gasteiger partial charge in [-0.2, -0.15) is 0 Å². The molecule has 3 aromatic rings. The molecule has 0 radical (unpaired) electrons. The Labute approximate surface area is 139 Å². The number of aromatic nitrogens is 3. The maximum Gasteiger partial charge on any atom is 0.254 e. The summed E-state index contributed by atoms with van der Waals surface area (Å²) in [7, 11) is 0. The van der Waals surface area contributed by atoms with Crippen LogP contribution in [-0.2, 0) is 0 Å². The van der Waals surface area contributed by atoms with E-state index in [1.54, 1.807) is 13.0 Å². The van der Waals surface area contributed by atoms with Crippen LogP contribution in [0.15, 0.2) is 47.1 Å². The van der Waals surface area contributed by atoms with Crippen LogP contribution < -0.4 is 10.6 Å². The van der Waals surface area contributed by atoms with Gasteiger partial charge in [-0.15, -0.1) is 10.2 Å². The Kier molecular flexibility index (Phi) is 4.60. The van der Waals surface area contributed by atoms with Crippen molar-refractivity contribution < 1.29 is 9.21 Å². The molecule has 0 unspecified atom stereocenters. The first-order valence-corrected chi connectivity index (χ1v) is 7.69. The SMILES string of the molecule is Cc1cc(C(=O)NCCNc2ccc(-n3cccc3)nn2)c(C)o1. The van der Waals surface area contributed by atoms with Gasteiger partial charge in [0.05, 0.1) is 5.56 Å². The van der Waals surface area contributed by atoms with Gasteiger partial charge in [-0.1, -0.05) is 0 Å². The summed E-state index contributed by atoms with van der Waals surface area (Å²) in [6.07, 6.45) is 3.82. The summed E-state index contributed by atoms with van der Waals surface area (Å²) >= 11 is 0. The fourth-order valence-corrected chi connectivity index (χ4v) is 2.36. The van der Waals surface area contributed by atoms with Crippen LogP contribution in [0, 0.1) is 13.8 Å². The number of carbonyl (C=O) groups is 1. The predicted molar refractivity (Wildman–Crippen MR) is 90.4 cm³/mol. The molecule has 0 spiro atoms. The van der Waals surface area contributed by atoms with Crippen molar-refractivity contribution in [3.05, 3.63) is 59.8 Å². The Morgan fingerprint density at radius 1 is 1.17 bits per heavy atom. The molecule has 7 nitrogen and oxygen atoms in total. The molecule has 0 fully saturated rings. The lowest BCUT2D eigenvalue weighted by atomic mass is 10.2. The summed E-state index contributed by atoms with van der Waals surface area (Å²) in [6.45, 7) is 4.63. The van der Waals surface area contributed by atoms with E-state index in [2.05, 4.69) is 20.8 Å². The average molecular weight is 325 g/mol. The number of nitrogens with one attached hydrogen (secondary N) is 2. The summed E-state index contributed by atoms with van der Waals surface area (Å²) in [4.78, 5) is 12.0. The largest absolute Gasteiger partial charge is 0.466 e. The highest BCUT2D eigenvalue weighted by Crippen LogP contribution is 2.13. The number of rotatable bonds is 6. The Morgan fingerprint density at radius 3 is 2.58 bits per heavy atom. The topological polar surface area (TPSA) is 85.0 Å². The van der Waals surface area contributed by atoms with Crippen LogP contribution in [-0.4, -0.2) is 33.8 Å². The average Bonchev–Trinajstić information content (AvgIpc) is 3.21. The fraction of sp³-hybridized carbons (Fsp3) is 0.235. The molecule has 2 N–H and O–H groups in total. The van der Waals surface area contributed by atoms with Crippen molar-refractivity contribution in [2.24, 2.45) is 0 Å². The van der Waals surface area contributed by atoms with Gasteiger partial charge in [0.25, 0.3) is 5.91 Å². The van der Waals surface area contributed by atoms with E-state index in [1.165, 1.54) is 0 Å². The summed E-state index contributed by atoms with van der Waals surface area (Å²) in [6, 6.07) is 9.34. The van der Waals surface area contributed by atoms with Gasteiger partial charge >= 0.3 is 0 Å². The Bertz CT molecular complexity index is 806. The lowest BCUT2D eigenvalue weighted by Gasteiger charge is -2.07. The highest BCUT2D eigenvalue weighted by atomic mass is 16.3. The summed E-state index contributed by atoms with van der Waals surface area (Å²) in [5.74, 6) is 2.64. The molecule has 0 aliphatic rings. The number of furan rings is 1. The first kappa shape index (κ1) is 15.8. The van der Waals surface area contributed by atoms with E-state index >= 15 is 0 Å². The Hall–Kier alpha value is -3.09. The number of nitrogens with zero attached hydrogens (tertiary/aromatic N) is 3. The molecule has 0 aliphatic heterocycles. The third-order valence-corrected chi connectivity index (χ3v) is 3.52. The van der Waals surface area contributed by atoms with Gasteiger partial charge in [0, 0.05) is 25.5 Å². The van der Waals surface area contributed by atoms with E-state index in [1.807, 2.05) is 48.1 Å². The highest BCUT2D eigenvalue weighted by molar-refractivity contribution is 5.95. The highest BCUT2D eigenvalue weighted by Gasteiger charge is 2.12. The van der Waals surface area contributed by atoms with Gasteiger partial charge < -0.3 is 19.6 Å². The van der Waals surface area contributed by atoms with Gasteiger partial charge in [-0.25, -0.2) is 0 Å².